The van der Waals surface area contributed by atoms with Gasteiger partial charge in [0.15, 0.2) is 0 Å². The zero-order valence-electron chi connectivity index (χ0n) is 18.9. The van der Waals surface area contributed by atoms with Crippen molar-refractivity contribution in [3.8, 4) is 0 Å². The van der Waals surface area contributed by atoms with Crippen molar-refractivity contribution in [3.63, 3.8) is 0 Å². The zero-order valence-corrected chi connectivity index (χ0v) is 18.9. The summed E-state index contributed by atoms with van der Waals surface area (Å²) in [5.74, 6) is -1.81. The van der Waals surface area contributed by atoms with Gasteiger partial charge in [-0.25, -0.2) is 4.79 Å². The number of nitrogens with one attached hydrogen (secondary N) is 1. The highest BCUT2D eigenvalue weighted by atomic mass is 19.4. The average molecular weight is 464 g/mol. The first-order valence-electron chi connectivity index (χ1n) is 10.7. The molecule has 0 unspecified atom stereocenters. The number of halogens is 3. The normalized spacial score (nSPS) is 14.7. The minimum Gasteiger partial charge on any atom is -0.444 e. The molecule has 2 amide bonds. The summed E-state index contributed by atoms with van der Waals surface area (Å²) in [5.41, 5.74) is 2.88. The minimum absolute atomic E-state index is 0.0278. The number of anilines is 2. The predicted molar refractivity (Wildman–Crippen MR) is 120 cm³/mol. The number of nitrogens with zero attached hydrogens (tertiary/aromatic N) is 2. The number of benzene rings is 2. The first-order chi connectivity index (χ1) is 15.4. The number of amides is 2. The molecular formula is C24H28F3N3O3. The Morgan fingerprint density at radius 2 is 1.61 bits per heavy atom. The minimum atomic E-state index is -4.87. The molecule has 3 rings (SSSR count). The summed E-state index contributed by atoms with van der Waals surface area (Å²) in [6.07, 6.45) is -5.47. The van der Waals surface area contributed by atoms with Gasteiger partial charge >= 0.3 is 18.2 Å². The summed E-state index contributed by atoms with van der Waals surface area (Å²) in [6.45, 7) is 6.69. The first kappa shape index (κ1) is 24.4. The van der Waals surface area contributed by atoms with Crippen LogP contribution in [0.3, 0.4) is 0 Å². The van der Waals surface area contributed by atoms with E-state index in [1.54, 1.807) is 6.07 Å². The zero-order chi connectivity index (χ0) is 24.2. The van der Waals surface area contributed by atoms with Crippen LogP contribution in [0.5, 0.6) is 0 Å². The number of hydrogen-bond acceptors (Lipinski definition) is 4. The van der Waals surface area contributed by atoms with Crippen LogP contribution in [0.1, 0.15) is 31.9 Å². The molecule has 1 aliphatic rings. The predicted octanol–water partition coefficient (Wildman–Crippen LogP) is 4.94. The molecule has 1 heterocycles. The summed E-state index contributed by atoms with van der Waals surface area (Å²) in [6, 6.07) is 14.9. The Kier molecular flexibility index (Phi) is 7.19. The molecule has 0 spiro atoms. The lowest BCUT2D eigenvalue weighted by Gasteiger charge is -2.37. The maximum Gasteiger partial charge on any atom is 0.471 e. The Bertz CT molecular complexity index is 980. The number of alkyl halides is 3. The third kappa shape index (κ3) is 6.63. The van der Waals surface area contributed by atoms with Crippen molar-refractivity contribution in [3.05, 3.63) is 59.7 Å². The Balaban J connectivity index is 1.71. The van der Waals surface area contributed by atoms with E-state index in [1.807, 2.05) is 68.1 Å². The van der Waals surface area contributed by atoms with E-state index in [4.69, 9.17) is 4.74 Å². The van der Waals surface area contributed by atoms with Crippen molar-refractivity contribution in [1.29, 1.82) is 0 Å². The second kappa shape index (κ2) is 9.72. The smallest absolute Gasteiger partial charge is 0.444 e. The highest BCUT2D eigenvalue weighted by molar-refractivity contribution is 5.86. The van der Waals surface area contributed by atoms with Crippen molar-refractivity contribution >= 4 is 23.4 Å². The van der Waals surface area contributed by atoms with Crippen molar-refractivity contribution in [2.24, 2.45) is 0 Å². The van der Waals surface area contributed by atoms with Crippen LogP contribution < -0.4 is 10.2 Å². The highest BCUT2D eigenvalue weighted by Crippen LogP contribution is 2.31. The number of rotatable bonds is 4. The lowest BCUT2D eigenvalue weighted by molar-refractivity contribution is -0.185. The fourth-order valence-corrected chi connectivity index (χ4v) is 3.52. The molecule has 0 bridgehead atoms. The number of ether oxygens (including phenoxy) is 1. The molecule has 6 nitrogen and oxygen atoms in total. The van der Waals surface area contributed by atoms with E-state index >= 15 is 0 Å². The van der Waals surface area contributed by atoms with E-state index in [0.717, 1.165) is 21.7 Å². The van der Waals surface area contributed by atoms with E-state index < -0.39 is 18.2 Å². The SMILES string of the molecule is CC(C)(C)c1cc(NC(=O)OCc2ccccc2)cc(N2CCN(C(=O)C(F)(F)F)CC2)c1. The lowest BCUT2D eigenvalue weighted by Crippen LogP contribution is -2.52. The quantitative estimate of drug-likeness (QED) is 0.698. The van der Waals surface area contributed by atoms with Crippen LogP contribution >= 0.6 is 0 Å². The van der Waals surface area contributed by atoms with Crippen LogP contribution in [0.4, 0.5) is 29.3 Å². The third-order valence-electron chi connectivity index (χ3n) is 5.42. The van der Waals surface area contributed by atoms with Gasteiger partial charge in [0.25, 0.3) is 0 Å². The molecule has 0 atom stereocenters. The van der Waals surface area contributed by atoms with E-state index in [1.165, 1.54) is 0 Å². The largest absolute Gasteiger partial charge is 0.471 e. The molecule has 178 valence electrons. The second-order valence-corrected chi connectivity index (χ2v) is 8.98. The fourth-order valence-electron chi connectivity index (χ4n) is 3.52. The van der Waals surface area contributed by atoms with Gasteiger partial charge in [-0.15, -0.1) is 0 Å². The molecule has 1 saturated heterocycles. The van der Waals surface area contributed by atoms with Crippen LogP contribution in [0.2, 0.25) is 0 Å². The van der Waals surface area contributed by atoms with Gasteiger partial charge in [-0.1, -0.05) is 51.1 Å². The molecule has 1 aliphatic heterocycles. The van der Waals surface area contributed by atoms with E-state index in [2.05, 4.69) is 5.32 Å². The van der Waals surface area contributed by atoms with E-state index in [0.29, 0.717) is 5.69 Å². The second-order valence-electron chi connectivity index (χ2n) is 8.98. The van der Waals surface area contributed by atoms with Crippen molar-refractivity contribution < 1.29 is 27.5 Å². The summed E-state index contributed by atoms with van der Waals surface area (Å²) in [7, 11) is 0. The molecule has 0 radical (unpaired) electrons. The molecule has 2 aromatic rings. The number of hydrogen-bond donors (Lipinski definition) is 1. The van der Waals surface area contributed by atoms with E-state index in [9.17, 15) is 22.8 Å². The molecule has 1 fully saturated rings. The van der Waals surface area contributed by atoms with Crippen LogP contribution in [0.25, 0.3) is 0 Å². The lowest BCUT2D eigenvalue weighted by atomic mass is 9.86. The molecule has 33 heavy (non-hydrogen) atoms. The van der Waals surface area contributed by atoms with Crippen LogP contribution in [-0.4, -0.2) is 49.3 Å². The number of piperazine rings is 1. The van der Waals surface area contributed by atoms with Crippen molar-refractivity contribution in [1.82, 2.24) is 4.90 Å². The van der Waals surface area contributed by atoms with Gasteiger partial charge in [0.2, 0.25) is 0 Å². The standard InChI is InChI=1S/C24H28F3N3O3/c1-23(2,3)18-13-19(28-22(32)33-16-17-7-5-4-6-8-17)15-20(14-18)29-9-11-30(12-10-29)21(31)24(25,26)27/h4-8,13-15H,9-12,16H2,1-3H3,(H,28,32). The maximum absolute atomic E-state index is 12.7. The Labute approximate surface area is 191 Å². The number of carbonyl (C=O) groups is 2. The van der Waals surface area contributed by atoms with Gasteiger partial charge in [-0.3, -0.25) is 10.1 Å². The monoisotopic (exact) mass is 463 g/mol. The van der Waals surface area contributed by atoms with Gasteiger partial charge in [0.1, 0.15) is 6.61 Å². The molecule has 0 saturated carbocycles. The molecule has 1 N–H and O–H groups in total. The van der Waals surface area contributed by atoms with Gasteiger partial charge in [0.05, 0.1) is 0 Å². The summed E-state index contributed by atoms with van der Waals surface area (Å²) < 4.78 is 43.5. The van der Waals surface area contributed by atoms with Crippen molar-refractivity contribution in [2.45, 2.75) is 39.0 Å². The third-order valence-corrected chi connectivity index (χ3v) is 5.42. The van der Waals surface area contributed by atoms with Gasteiger partial charge in [-0.05, 0) is 34.7 Å². The Morgan fingerprint density at radius 1 is 0.970 bits per heavy atom. The summed E-state index contributed by atoms with van der Waals surface area (Å²) in [5, 5.41) is 2.75. The Hall–Kier alpha value is -3.23. The number of carbonyl (C=O) groups excluding carboxylic acids is 2. The van der Waals surface area contributed by atoms with E-state index in [-0.39, 0.29) is 38.2 Å². The molecule has 9 heteroatoms. The van der Waals surface area contributed by atoms with Crippen LogP contribution in [0.15, 0.2) is 48.5 Å². The highest BCUT2D eigenvalue weighted by Gasteiger charge is 2.43. The average Bonchev–Trinajstić information content (AvgIpc) is 2.76. The Morgan fingerprint density at radius 3 is 2.18 bits per heavy atom. The molecule has 0 aromatic heterocycles. The first-order valence-corrected chi connectivity index (χ1v) is 10.7. The molecular weight excluding hydrogens is 435 g/mol. The van der Waals surface area contributed by atoms with Crippen LogP contribution in [0, 0.1) is 0 Å². The van der Waals surface area contributed by atoms with Crippen molar-refractivity contribution in [2.75, 3.05) is 36.4 Å². The van der Waals surface area contributed by atoms with Gasteiger partial charge in [-0.2, -0.15) is 13.2 Å². The topological polar surface area (TPSA) is 61.9 Å². The maximum atomic E-state index is 12.7. The van der Waals surface area contributed by atoms with Crippen LogP contribution in [-0.2, 0) is 21.6 Å². The van der Waals surface area contributed by atoms with Gasteiger partial charge in [0, 0.05) is 37.6 Å². The molecule has 2 aromatic carbocycles. The summed E-state index contributed by atoms with van der Waals surface area (Å²) >= 11 is 0. The fraction of sp³-hybridized carbons (Fsp3) is 0.417. The molecule has 0 aliphatic carbocycles. The summed E-state index contributed by atoms with van der Waals surface area (Å²) in [4.78, 5) is 26.6. The van der Waals surface area contributed by atoms with Gasteiger partial charge < -0.3 is 14.5 Å².